The van der Waals surface area contributed by atoms with Gasteiger partial charge in [0.25, 0.3) is 5.69 Å². The number of hydrogen-bond donors (Lipinski definition) is 3. The molecular weight excluding hydrogens is 360 g/mol. The number of anilines is 4. The Morgan fingerprint density at radius 2 is 1.68 bits per heavy atom. The predicted molar refractivity (Wildman–Crippen MR) is 110 cm³/mol. The first-order valence-corrected chi connectivity index (χ1v) is 8.23. The van der Waals surface area contributed by atoms with Gasteiger partial charge >= 0.3 is 0 Å². The fraction of sp³-hybridized carbons (Fsp3) is 0. The van der Waals surface area contributed by atoms with E-state index in [9.17, 15) is 15.0 Å². The molecule has 9 heteroatoms. The van der Waals surface area contributed by atoms with Crippen LogP contribution in [-0.2, 0) is 0 Å². The van der Waals surface area contributed by atoms with Crippen molar-refractivity contribution in [2.45, 2.75) is 0 Å². The van der Waals surface area contributed by atoms with Crippen molar-refractivity contribution in [3.05, 3.63) is 69.6 Å². The highest BCUT2D eigenvalue weighted by Crippen LogP contribution is 2.37. The van der Waals surface area contributed by atoms with Crippen LogP contribution in [0.2, 0.25) is 0 Å². The number of non-ortho nitro benzene ring substituents is 1. The van der Waals surface area contributed by atoms with Crippen molar-refractivity contribution in [1.29, 1.82) is 0 Å². The van der Waals surface area contributed by atoms with Crippen molar-refractivity contribution in [2.24, 2.45) is 5.18 Å². The average Bonchev–Trinajstić information content (AvgIpc) is 2.68. The normalized spacial score (nSPS) is 10.9. The van der Waals surface area contributed by atoms with Gasteiger partial charge in [0.15, 0.2) is 0 Å². The Morgan fingerprint density at radius 3 is 2.36 bits per heavy atom. The van der Waals surface area contributed by atoms with E-state index < -0.39 is 4.92 Å². The molecule has 138 valence electrons. The molecule has 0 aliphatic carbocycles. The van der Waals surface area contributed by atoms with Crippen molar-refractivity contribution in [3.8, 4) is 0 Å². The van der Waals surface area contributed by atoms with Gasteiger partial charge < -0.3 is 16.8 Å². The van der Waals surface area contributed by atoms with Crippen molar-refractivity contribution >= 4 is 55.9 Å². The van der Waals surface area contributed by atoms with Gasteiger partial charge in [-0.3, -0.25) is 10.1 Å². The molecule has 0 radical (unpaired) electrons. The molecule has 0 fully saturated rings. The number of fused-ring (bicyclic) bond motifs is 2. The first-order chi connectivity index (χ1) is 13.5. The lowest BCUT2D eigenvalue weighted by atomic mass is 10.1. The molecule has 0 unspecified atom stereocenters. The molecular formula is C19H14N6O3. The largest absolute Gasteiger partial charge is 0.399 e. The fourth-order valence-corrected chi connectivity index (χ4v) is 3.06. The summed E-state index contributed by atoms with van der Waals surface area (Å²) in [7, 11) is 0. The third-order valence-corrected chi connectivity index (χ3v) is 4.39. The number of rotatable bonds is 4. The van der Waals surface area contributed by atoms with Gasteiger partial charge in [0.1, 0.15) is 5.69 Å². The Balaban J connectivity index is 2.01. The monoisotopic (exact) mass is 374 g/mol. The predicted octanol–water partition coefficient (Wildman–Crippen LogP) is 4.60. The molecule has 28 heavy (non-hydrogen) atoms. The molecule has 0 aliphatic heterocycles. The summed E-state index contributed by atoms with van der Waals surface area (Å²) in [5.74, 6) is 0. The topological polar surface area (TPSA) is 150 Å². The Morgan fingerprint density at radius 1 is 0.964 bits per heavy atom. The van der Waals surface area contributed by atoms with Gasteiger partial charge in [0.2, 0.25) is 0 Å². The van der Waals surface area contributed by atoms with E-state index >= 15 is 0 Å². The zero-order chi connectivity index (χ0) is 19.8. The summed E-state index contributed by atoms with van der Waals surface area (Å²) < 4.78 is 0. The summed E-state index contributed by atoms with van der Waals surface area (Å²) in [5.41, 5.74) is 15.1. The second-order valence-electron chi connectivity index (χ2n) is 6.21. The smallest absolute Gasteiger partial charge is 0.271 e. The molecule has 0 amide bonds. The quantitative estimate of drug-likeness (QED) is 0.155. The lowest BCUT2D eigenvalue weighted by Gasteiger charge is -2.15. The summed E-state index contributed by atoms with van der Waals surface area (Å²) in [4.78, 5) is 26.0. The van der Waals surface area contributed by atoms with E-state index in [-0.39, 0.29) is 11.4 Å². The van der Waals surface area contributed by atoms with E-state index in [1.54, 1.807) is 36.4 Å². The van der Waals surface area contributed by atoms with Crippen LogP contribution in [0.3, 0.4) is 0 Å². The molecule has 9 nitrogen and oxygen atoms in total. The van der Waals surface area contributed by atoms with Gasteiger partial charge in [-0.15, -0.1) is 4.91 Å². The molecule has 3 aromatic carbocycles. The van der Waals surface area contributed by atoms with E-state index in [1.807, 2.05) is 0 Å². The first-order valence-electron chi connectivity index (χ1n) is 8.23. The molecule has 5 N–H and O–H groups in total. The maximum Gasteiger partial charge on any atom is 0.271 e. The highest BCUT2D eigenvalue weighted by molar-refractivity contribution is 6.10. The molecule has 0 saturated heterocycles. The number of nitro benzene ring substituents is 1. The molecule has 4 aromatic rings. The van der Waals surface area contributed by atoms with Gasteiger partial charge in [-0.25, -0.2) is 4.98 Å². The molecule has 1 heterocycles. The lowest BCUT2D eigenvalue weighted by molar-refractivity contribution is -0.384. The van der Waals surface area contributed by atoms with Gasteiger partial charge in [-0.1, -0.05) is 0 Å². The minimum atomic E-state index is -0.486. The summed E-state index contributed by atoms with van der Waals surface area (Å²) in [6, 6.07) is 14.3. The van der Waals surface area contributed by atoms with Crippen LogP contribution in [-0.4, -0.2) is 9.91 Å². The maximum atomic E-state index is 11.1. The van der Waals surface area contributed by atoms with Gasteiger partial charge in [0, 0.05) is 28.6 Å². The second-order valence-corrected chi connectivity index (χ2v) is 6.21. The van der Waals surface area contributed by atoms with Gasteiger partial charge in [0.05, 0.1) is 33.0 Å². The molecule has 0 atom stereocenters. The number of aromatic nitrogens is 1. The van der Waals surface area contributed by atoms with Gasteiger partial charge in [-0.2, -0.15) is 0 Å². The number of nitro groups is 1. The minimum absolute atomic E-state index is 0.0815. The van der Waals surface area contributed by atoms with Crippen molar-refractivity contribution in [2.75, 3.05) is 16.8 Å². The second kappa shape index (κ2) is 6.47. The van der Waals surface area contributed by atoms with E-state index in [0.29, 0.717) is 44.6 Å². The lowest BCUT2D eigenvalue weighted by Crippen LogP contribution is -2.00. The zero-order valence-electron chi connectivity index (χ0n) is 14.4. The average molecular weight is 374 g/mol. The number of hydrogen-bond acceptors (Lipinski definition) is 8. The first kappa shape index (κ1) is 17.2. The Bertz CT molecular complexity index is 1270. The number of nitroso groups, excluding NO2 is 1. The minimum Gasteiger partial charge on any atom is -0.399 e. The van der Waals surface area contributed by atoms with Crippen LogP contribution >= 0.6 is 0 Å². The van der Waals surface area contributed by atoms with Crippen molar-refractivity contribution in [1.82, 2.24) is 4.98 Å². The molecule has 4 rings (SSSR count). The van der Waals surface area contributed by atoms with E-state index in [4.69, 9.17) is 11.5 Å². The molecule has 0 bridgehead atoms. The van der Waals surface area contributed by atoms with Crippen LogP contribution in [0.1, 0.15) is 0 Å². The van der Waals surface area contributed by atoms with Crippen molar-refractivity contribution in [3.63, 3.8) is 0 Å². The Kier molecular flexibility index (Phi) is 3.96. The Hall–Kier alpha value is -4.27. The number of nitrogens with one attached hydrogen (secondary N) is 1. The van der Waals surface area contributed by atoms with Crippen LogP contribution in [0, 0.1) is 15.0 Å². The number of nitrogens with zero attached hydrogens (tertiary/aromatic N) is 3. The number of pyridine rings is 1. The maximum absolute atomic E-state index is 11.1. The fourth-order valence-electron chi connectivity index (χ4n) is 3.06. The summed E-state index contributed by atoms with van der Waals surface area (Å²) in [5, 5.41) is 18.7. The van der Waals surface area contributed by atoms with Crippen molar-refractivity contribution < 1.29 is 4.92 Å². The molecule has 1 aromatic heterocycles. The van der Waals surface area contributed by atoms with Crippen LogP contribution in [0.5, 0.6) is 0 Å². The summed E-state index contributed by atoms with van der Waals surface area (Å²) in [6.07, 6.45) is 0. The number of nitrogens with two attached hydrogens (primary N) is 2. The van der Waals surface area contributed by atoms with Crippen LogP contribution in [0.15, 0.2) is 59.8 Å². The van der Waals surface area contributed by atoms with Crippen LogP contribution in [0.4, 0.5) is 34.1 Å². The van der Waals surface area contributed by atoms with E-state index in [2.05, 4.69) is 15.5 Å². The molecule has 0 spiro atoms. The third-order valence-electron chi connectivity index (χ3n) is 4.39. The third kappa shape index (κ3) is 2.90. The number of benzene rings is 3. The zero-order valence-corrected chi connectivity index (χ0v) is 14.4. The highest BCUT2D eigenvalue weighted by Gasteiger charge is 2.15. The van der Waals surface area contributed by atoms with Gasteiger partial charge in [-0.05, 0) is 47.6 Å². The van der Waals surface area contributed by atoms with Crippen LogP contribution < -0.4 is 16.8 Å². The summed E-state index contributed by atoms with van der Waals surface area (Å²) >= 11 is 0. The highest BCUT2D eigenvalue weighted by atomic mass is 16.6. The van der Waals surface area contributed by atoms with Crippen LogP contribution in [0.25, 0.3) is 21.8 Å². The van der Waals surface area contributed by atoms with E-state index in [1.165, 1.54) is 18.2 Å². The standard InChI is InChI=1S/C19H14N6O3/c20-10-1-6-16(15(21)7-10)23-19-13-4-2-11(24-26)8-17(13)22-18-9-12(25(27)28)3-5-14(18)19/h1-9H,20-21H2,(H,22,23). The molecule has 0 aliphatic rings. The SMILES string of the molecule is Nc1ccc(Nc2c3ccc(N=O)cc3nc3cc([N+](=O)[O-])ccc23)c(N)c1. The Labute approximate surface area is 158 Å². The summed E-state index contributed by atoms with van der Waals surface area (Å²) in [6.45, 7) is 0. The van der Waals surface area contributed by atoms with E-state index in [0.717, 1.165) is 0 Å². The number of nitrogen functional groups attached to an aromatic ring is 2. The molecule has 0 saturated carbocycles.